The molecule has 1 saturated heterocycles. The fourth-order valence-corrected chi connectivity index (χ4v) is 3.59. The van der Waals surface area contributed by atoms with Crippen molar-refractivity contribution in [3.8, 4) is 0 Å². The second kappa shape index (κ2) is 4.48. The molecule has 4 heteroatoms. The highest BCUT2D eigenvalue weighted by Crippen LogP contribution is 2.59. The average Bonchev–Trinajstić information content (AvgIpc) is 2.90. The van der Waals surface area contributed by atoms with E-state index in [4.69, 9.17) is 4.74 Å². The fourth-order valence-electron chi connectivity index (χ4n) is 3.19. The normalized spacial score (nSPS) is 28.2. The molecule has 1 aliphatic heterocycles. The molecule has 1 aliphatic carbocycles. The highest BCUT2D eigenvalue weighted by molar-refractivity contribution is 9.10. The van der Waals surface area contributed by atoms with E-state index in [9.17, 15) is 4.79 Å². The number of carbonyl (C=O) groups is 1. The van der Waals surface area contributed by atoms with E-state index in [1.807, 2.05) is 31.7 Å². The first-order valence-electron chi connectivity index (χ1n) is 7.04. The van der Waals surface area contributed by atoms with Gasteiger partial charge in [0.1, 0.15) is 5.60 Å². The Morgan fingerprint density at radius 2 is 2.20 bits per heavy atom. The third-order valence-electron chi connectivity index (χ3n) is 4.20. The Morgan fingerprint density at radius 3 is 2.85 bits per heavy atom. The minimum atomic E-state index is -0.424. The fraction of sp³-hybridized carbons (Fsp3) is 0.562. The predicted molar refractivity (Wildman–Crippen MR) is 81.7 cm³/mol. The van der Waals surface area contributed by atoms with Gasteiger partial charge in [0.2, 0.25) is 0 Å². The molecule has 20 heavy (non-hydrogen) atoms. The van der Waals surface area contributed by atoms with E-state index in [2.05, 4.69) is 34.1 Å². The highest BCUT2D eigenvalue weighted by Gasteiger charge is 2.62. The van der Waals surface area contributed by atoms with Crippen LogP contribution in [-0.4, -0.2) is 29.7 Å². The summed E-state index contributed by atoms with van der Waals surface area (Å²) in [5.74, 6) is 0.587. The zero-order chi connectivity index (χ0) is 14.5. The number of halogens is 1. The number of hydrogen-bond acceptors (Lipinski definition) is 2. The summed E-state index contributed by atoms with van der Waals surface area (Å²) in [4.78, 5) is 14.0. The van der Waals surface area contributed by atoms with E-state index in [0.29, 0.717) is 5.92 Å². The third-order valence-corrected chi connectivity index (χ3v) is 4.69. The van der Waals surface area contributed by atoms with Gasteiger partial charge in [-0.3, -0.25) is 0 Å². The van der Waals surface area contributed by atoms with Crippen LogP contribution >= 0.6 is 15.9 Å². The molecule has 0 bridgehead atoms. The maximum Gasteiger partial charge on any atom is 0.410 e. The molecule has 2 aliphatic rings. The predicted octanol–water partition coefficient (Wildman–Crippen LogP) is 3.96. The van der Waals surface area contributed by atoms with Gasteiger partial charge in [-0.15, -0.1) is 0 Å². The maximum absolute atomic E-state index is 12.2. The van der Waals surface area contributed by atoms with Gasteiger partial charge in [-0.2, -0.15) is 0 Å². The molecule has 2 fully saturated rings. The summed E-state index contributed by atoms with van der Waals surface area (Å²) in [7, 11) is 0. The van der Waals surface area contributed by atoms with Crippen molar-refractivity contribution in [3.05, 3.63) is 34.3 Å². The number of hydrogen-bond donors (Lipinski definition) is 0. The van der Waals surface area contributed by atoms with Crippen LogP contribution in [0.15, 0.2) is 28.7 Å². The van der Waals surface area contributed by atoms with Crippen LogP contribution < -0.4 is 0 Å². The van der Waals surface area contributed by atoms with Crippen LogP contribution in [0.3, 0.4) is 0 Å². The molecule has 0 spiro atoms. The summed E-state index contributed by atoms with van der Waals surface area (Å²) in [6, 6.07) is 8.46. The van der Waals surface area contributed by atoms with Crippen LogP contribution in [-0.2, 0) is 10.2 Å². The second-order valence-corrected chi connectivity index (χ2v) is 7.84. The topological polar surface area (TPSA) is 29.5 Å². The SMILES string of the molecule is CC(C)(C)OC(=O)N1C[C@H]2CC2(c2cccc(Br)c2)C1. The first-order chi connectivity index (χ1) is 9.30. The maximum atomic E-state index is 12.2. The molecular weight excluding hydrogens is 318 g/mol. The minimum absolute atomic E-state index is 0.167. The highest BCUT2D eigenvalue weighted by atomic mass is 79.9. The van der Waals surface area contributed by atoms with Gasteiger partial charge in [0.25, 0.3) is 0 Å². The molecule has 1 heterocycles. The number of carbonyl (C=O) groups excluding carboxylic acids is 1. The van der Waals surface area contributed by atoms with Gasteiger partial charge in [0, 0.05) is 23.0 Å². The number of piperidine rings is 1. The quantitative estimate of drug-likeness (QED) is 0.776. The molecule has 1 aromatic carbocycles. The second-order valence-electron chi connectivity index (χ2n) is 6.93. The van der Waals surface area contributed by atoms with Gasteiger partial charge in [0.15, 0.2) is 0 Å². The summed E-state index contributed by atoms with van der Waals surface area (Å²) in [5, 5.41) is 0. The number of ether oxygens (including phenoxy) is 1. The number of nitrogens with zero attached hydrogens (tertiary/aromatic N) is 1. The zero-order valence-corrected chi connectivity index (χ0v) is 13.7. The van der Waals surface area contributed by atoms with E-state index in [1.54, 1.807) is 0 Å². The smallest absolute Gasteiger partial charge is 0.410 e. The number of amides is 1. The van der Waals surface area contributed by atoms with Crippen LogP contribution in [0.5, 0.6) is 0 Å². The Kier molecular flexibility index (Phi) is 3.12. The van der Waals surface area contributed by atoms with Crippen molar-refractivity contribution < 1.29 is 9.53 Å². The van der Waals surface area contributed by atoms with E-state index in [-0.39, 0.29) is 11.5 Å². The van der Waals surface area contributed by atoms with E-state index >= 15 is 0 Å². The van der Waals surface area contributed by atoms with Gasteiger partial charge >= 0.3 is 6.09 Å². The number of likely N-dealkylation sites (tertiary alicyclic amines) is 1. The van der Waals surface area contributed by atoms with E-state index in [0.717, 1.165) is 17.6 Å². The van der Waals surface area contributed by atoms with Gasteiger partial charge in [0.05, 0.1) is 0 Å². The lowest BCUT2D eigenvalue weighted by molar-refractivity contribution is 0.0270. The van der Waals surface area contributed by atoms with Gasteiger partial charge in [-0.05, 0) is 50.8 Å². The van der Waals surface area contributed by atoms with Gasteiger partial charge < -0.3 is 9.64 Å². The molecule has 2 atom stereocenters. The molecular formula is C16H20BrNO2. The zero-order valence-electron chi connectivity index (χ0n) is 12.1. The standard InChI is InChI=1S/C16H20BrNO2/c1-15(2,3)20-14(19)18-9-12-8-16(12,10-18)11-5-4-6-13(17)7-11/h4-7,12H,8-10H2,1-3H3/t12-,16?/m1/s1. The molecule has 1 saturated carbocycles. The van der Waals surface area contributed by atoms with Crippen molar-refractivity contribution in [2.75, 3.05) is 13.1 Å². The summed E-state index contributed by atoms with van der Waals surface area (Å²) < 4.78 is 6.58. The number of rotatable bonds is 1. The minimum Gasteiger partial charge on any atom is -0.444 e. The van der Waals surface area contributed by atoms with Crippen LogP contribution in [0.2, 0.25) is 0 Å². The van der Waals surface area contributed by atoms with Gasteiger partial charge in [-0.25, -0.2) is 4.79 Å². The van der Waals surface area contributed by atoms with Crippen molar-refractivity contribution in [2.24, 2.45) is 5.92 Å². The Hall–Kier alpha value is -1.03. The molecule has 1 amide bonds. The van der Waals surface area contributed by atoms with Crippen molar-refractivity contribution >= 4 is 22.0 Å². The first-order valence-corrected chi connectivity index (χ1v) is 7.83. The molecule has 0 N–H and O–H groups in total. The Morgan fingerprint density at radius 1 is 1.45 bits per heavy atom. The first kappa shape index (κ1) is 13.9. The number of benzene rings is 1. The van der Waals surface area contributed by atoms with Gasteiger partial charge in [-0.1, -0.05) is 28.1 Å². The lowest BCUT2D eigenvalue weighted by atomic mass is 9.95. The largest absolute Gasteiger partial charge is 0.444 e. The molecule has 0 radical (unpaired) electrons. The molecule has 3 nitrogen and oxygen atoms in total. The molecule has 1 aromatic rings. The van der Waals surface area contributed by atoms with Crippen molar-refractivity contribution in [2.45, 2.75) is 38.2 Å². The summed E-state index contributed by atoms with van der Waals surface area (Å²) in [6.45, 7) is 7.33. The van der Waals surface area contributed by atoms with E-state index < -0.39 is 5.60 Å². The molecule has 0 aromatic heterocycles. The molecule has 1 unspecified atom stereocenters. The lowest BCUT2D eigenvalue weighted by Crippen LogP contribution is -2.37. The van der Waals surface area contributed by atoms with Crippen molar-refractivity contribution in [1.29, 1.82) is 0 Å². The van der Waals surface area contributed by atoms with Crippen LogP contribution in [0.4, 0.5) is 4.79 Å². The van der Waals surface area contributed by atoms with Crippen LogP contribution in [0.1, 0.15) is 32.8 Å². The molecule has 3 rings (SSSR count). The summed E-state index contributed by atoms with van der Waals surface area (Å²) >= 11 is 3.53. The van der Waals surface area contributed by atoms with E-state index in [1.165, 1.54) is 12.0 Å². The number of fused-ring (bicyclic) bond motifs is 1. The summed E-state index contributed by atoms with van der Waals surface area (Å²) in [6.07, 6.45) is 1.00. The Balaban J connectivity index is 1.73. The monoisotopic (exact) mass is 337 g/mol. The lowest BCUT2D eigenvalue weighted by Gasteiger charge is -2.26. The van der Waals surface area contributed by atoms with Crippen molar-refractivity contribution in [3.63, 3.8) is 0 Å². The average molecular weight is 338 g/mol. The van der Waals surface area contributed by atoms with Crippen molar-refractivity contribution in [1.82, 2.24) is 4.90 Å². The third kappa shape index (κ3) is 2.46. The van der Waals surface area contributed by atoms with Crippen LogP contribution in [0, 0.1) is 5.92 Å². The molecule has 108 valence electrons. The summed E-state index contributed by atoms with van der Waals surface area (Å²) in [5.41, 5.74) is 1.08. The Labute approximate surface area is 128 Å². The Bertz CT molecular complexity index is 552. The van der Waals surface area contributed by atoms with Crippen LogP contribution in [0.25, 0.3) is 0 Å².